The summed E-state index contributed by atoms with van der Waals surface area (Å²) in [6.07, 6.45) is 2.62. The number of hydrogen-bond donors (Lipinski definition) is 0. The predicted octanol–water partition coefficient (Wildman–Crippen LogP) is 6.69. The van der Waals surface area contributed by atoms with Crippen molar-refractivity contribution in [2.45, 2.75) is 44.5 Å². The number of benzene rings is 4. The van der Waals surface area contributed by atoms with Crippen LogP contribution in [0.2, 0.25) is 0 Å². The largest absolute Gasteiger partial charge is 0.390 e. The van der Waals surface area contributed by atoms with Crippen LogP contribution in [0, 0.1) is 0 Å². The first-order chi connectivity index (χ1) is 17.3. The lowest BCUT2D eigenvalue weighted by molar-refractivity contribution is 0.000135. The maximum Gasteiger partial charge on any atom is 0.148 e. The molecule has 3 nitrogen and oxygen atoms in total. The maximum absolute atomic E-state index is 6.17. The Balaban J connectivity index is 1.41. The molecular formula is C32H32N2O. The van der Waals surface area contributed by atoms with Crippen LogP contribution in [0.1, 0.15) is 28.7 Å². The highest BCUT2D eigenvalue weighted by Crippen LogP contribution is 2.26. The highest BCUT2D eigenvalue weighted by molar-refractivity contribution is 5.87. The van der Waals surface area contributed by atoms with Crippen molar-refractivity contribution < 1.29 is 4.84 Å². The third-order valence-corrected chi connectivity index (χ3v) is 6.65. The van der Waals surface area contributed by atoms with Crippen LogP contribution < -0.4 is 0 Å². The first-order valence-corrected chi connectivity index (χ1v) is 12.4. The summed E-state index contributed by atoms with van der Waals surface area (Å²) in [7, 11) is 0. The topological polar surface area (TPSA) is 24.8 Å². The van der Waals surface area contributed by atoms with Crippen LogP contribution in [0.3, 0.4) is 0 Å². The molecule has 0 N–H and O–H groups in total. The number of oxime groups is 1. The molecule has 1 heterocycles. The Labute approximate surface area is 208 Å². The molecule has 0 aromatic heterocycles. The first kappa shape index (κ1) is 23.1. The van der Waals surface area contributed by atoms with Crippen molar-refractivity contribution in [3.05, 3.63) is 144 Å². The summed E-state index contributed by atoms with van der Waals surface area (Å²) in [5.41, 5.74) is 6.35. The Kier molecular flexibility index (Phi) is 7.67. The van der Waals surface area contributed by atoms with Gasteiger partial charge < -0.3 is 4.84 Å². The average Bonchev–Trinajstić information content (AvgIpc) is 3.37. The van der Waals surface area contributed by atoms with Gasteiger partial charge in [-0.2, -0.15) is 0 Å². The van der Waals surface area contributed by atoms with E-state index in [1.165, 1.54) is 22.3 Å². The Morgan fingerprint density at radius 1 is 0.629 bits per heavy atom. The van der Waals surface area contributed by atoms with Crippen molar-refractivity contribution in [1.82, 2.24) is 4.90 Å². The minimum Gasteiger partial charge on any atom is -0.390 e. The molecule has 5 rings (SSSR count). The van der Waals surface area contributed by atoms with Crippen molar-refractivity contribution in [2.75, 3.05) is 0 Å². The molecule has 2 atom stereocenters. The second-order valence-corrected chi connectivity index (χ2v) is 9.30. The van der Waals surface area contributed by atoms with Gasteiger partial charge in [-0.15, -0.1) is 0 Å². The van der Waals surface area contributed by atoms with Gasteiger partial charge >= 0.3 is 0 Å². The van der Waals surface area contributed by atoms with Crippen molar-refractivity contribution in [2.24, 2.45) is 5.16 Å². The summed E-state index contributed by atoms with van der Waals surface area (Å²) in [6.45, 7) is 1.72. The SMILES string of the molecule is c1ccc(CC2=NOC(C(Cc3ccccc3)N(Cc3ccccc3)Cc3ccccc3)C2)cc1. The summed E-state index contributed by atoms with van der Waals surface area (Å²) >= 11 is 0. The van der Waals surface area contributed by atoms with Gasteiger partial charge in [-0.1, -0.05) is 126 Å². The van der Waals surface area contributed by atoms with Gasteiger partial charge in [0.15, 0.2) is 0 Å². The van der Waals surface area contributed by atoms with E-state index in [-0.39, 0.29) is 12.1 Å². The van der Waals surface area contributed by atoms with Crippen LogP contribution in [0.25, 0.3) is 0 Å². The predicted molar refractivity (Wildman–Crippen MR) is 143 cm³/mol. The van der Waals surface area contributed by atoms with Crippen molar-refractivity contribution in [1.29, 1.82) is 0 Å². The van der Waals surface area contributed by atoms with Gasteiger partial charge in [0.1, 0.15) is 6.10 Å². The van der Waals surface area contributed by atoms with Crippen LogP contribution in [-0.4, -0.2) is 22.8 Å². The molecule has 0 saturated carbocycles. The number of rotatable bonds is 10. The molecule has 0 saturated heterocycles. The van der Waals surface area contributed by atoms with Gasteiger partial charge in [-0.3, -0.25) is 4.90 Å². The minimum atomic E-state index is 0.0151. The molecule has 2 unspecified atom stereocenters. The normalized spacial score (nSPS) is 16.0. The lowest BCUT2D eigenvalue weighted by Gasteiger charge is -2.35. The van der Waals surface area contributed by atoms with Gasteiger partial charge in [0, 0.05) is 25.9 Å². The summed E-state index contributed by atoms with van der Waals surface area (Å²) in [6, 6.07) is 43.0. The zero-order chi connectivity index (χ0) is 23.7. The van der Waals surface area contributed by atoms with Crippen molar-refractivity contribution in [3.63, 3.8) is 0 Å². The standard InChI is InChI=1S/C32H32N2O/c1-5-13-26(14-6-1)21-30-23-32(35-33-30)31(22-27-15-7-2-8-16-27)34(24-28-17-9-3-10-18-28)25-29-19-11-4-12-20-29/h1-20,31-32H,21-25H2. The fourth-order valence-corrected chi connectivity index (χ4v) is 4.87. The molecule has 4 aromatic rings. The Hall–Kier alpha value is -3.69. The summed E-state index contributed by atoms with van der Waals surface area (Å²) in [5, 5.41) is 4.56. The molecule has 0 amide bonds. The van der Waals surface area contributed by atoms with Gasteiger partial charge in [-0.25, -0.2) is 0 Å². The van der Waals surface area contributed by atoms with E-state index in [1.807, 2.05) is 0 Å². The molecule has 0 radical (unpaired) electrons. The number of hydrogen-bond acceptors (Lipinski definition) is 3. The lowest BCUT2D eigenvalue weighted by Crippen LogP contribution is -2.44. The molecule has 0 fully saturated rings. The molecule has 35 heavy (non-hydrogen) atoms. The molecule has 3 heteroatoms. The Morgan fingerprint density at radius 3 is 1.60 bits per heavy atom. The first-order valence-electron chi connectivity index (χ1n) is 12.4. The zero-order valence-corrected chi connectivity index (χ0v) is 20.0. The van der Waals surface area contributed by atoms with E-state index in [0.717, 1.165) is 38.1 Å². The molecule has 0 bridgehead atoms. The quantitative estimate of drug-likeness (QED) is 0.263. The third-order valence-electron chi connectivity index (χ3n) is 6.65. The second kappa shape index (κ2) is 11.6. The van der Waals surface area contributed by atoms with Gasteiger partial charge in [0.05, 0.1) is 11.8 Å². The highest BCUT2D eigenvalue weighted by atomic mass is 16.6. The fourth-order valence-electron chi connectivity index (χ4n) is 4.87. The Morgan fingerprint density at radius 2 is 1.09 bits per heavy atom. The summed E-state index contributed by atoms with van der Waals surface area (Å²) in [5.74, 6) is 0. The van der Waals surface area contributed by atoms with E-state index >= 15 is 0 Å². The molecule has 0 spiro atoms. The third kappa shape index (κ3) is 6.46. The van der Waals surface area contributed by atoms with Crippen LogP contribution in [-0.2, 0) is 30.8 Å². The maximum atomic E-state index is 6.17. The van der Waals surface area contributed by atoms with E-state index in [4.69, 9.17) is 4.84 Å². The molecular weight excluding hydrogens is 428 g/mol. The van der Waals surface area contributed by atoms with Crippen LogP contribution in [0.4, 0.5) is 0 Å². The highest BCUT2D eigenvalue weighted by Gasteiger charge is 2.34. The van der Waals surface area contributed by atoms with Crippen LogP contribution in [0.5, 0.6) is 0 Å². The van der Waals surface area contributed by atoms with Crippen molar-refractivity contribution in [3.8, 4) is 0 Å². The van der Waals surface area contributed by atoms with Gasteiger partial charge in [0.2, 0.25) is 0 Å². The minimum absolute atomic E-state index is 0.0151. The molecule has 176 valence electrons. The monoisotopic (exact) mass is 460 g/mol. The van der Waals surface area contributed by atoms with Gasteiger partial charge in [-0.05, 0) is 28.7 Å². The average molecular weight is 461 g/mol. The van der Waals surface area contributed by atoms with E-state index in [9.17, 15) is 0 Å². The second-order valence-electron chi connectivity index (χ2n) is 9.30. The van der Waals surface area contributed by atoms with E-state index in [1.54, 1.807) is 0 Å². The Bertz CT molecular complexity index is 1150. The molecule has 1 aliphatic heterocycles. The van der Waals surface area contributed by atoms with Crippen LogP contribution in [0.15, 0.2) is 126 Å². The van der Waals surface area contributed by atoms with Crippen molar-refractivity contribution >= 4 is 5.71 Å². The fraction of sp³-hybridized carbons (Fsp3) is 0.219. The van der Waals surface area contributed by atoms with Gasteiger partial charge in [0.25, 0.3) is 0 Å². The van der Waals surface area contributed by atoms with E-state index < -0.39 is 0 Å². The molecule has 1 aliphatic rings. The number of nitrogens with zero attached hydrogens (tertiary/aromatic N) is 2. The smallest absolute Gasteiger partial charge is 0.148 e. The summed E-state index contributed by atoms with van der Waals surface area (Å²) < 4.78 is 0. The van der Waals surface area contributed by atoms with Crippen LogP contribution >= 0.6 is 0 Å². The molecule has 0 aliphatic carbocycles. The zero-order valence-electron chi connectivity index (χ0n) is 20.0. The van der Waals surface area contributed by atoms with E-state index in [2.05, 4.69) is 131 Å². The lowest BCUT2D eigenvalue weighted by atomic mass is 9.94. The van der Waals surface area contributed by atoms with E-state index in [0.29, 0.717) is 0 Å². The molecule has 4 aromatic carbocycles. The summed E-state index contributed by atoms with van der Waals surface area (Å²) in [4.78, 5) is 8.75.